The second-order valence-electron chi connectivity index (χ2n) is 6.34. The van der Waals surface area contributed by atoms with Crippen LogP contribution in [0, 0.1) is 11.8 Å². The molecule has 0 bridgehead atoms. The van der Waals surface area contributed by atoms with Gasteiger partial charge >= 0.3 is 12.1 Å². The van der Waals surface area contributed by atoms with Gasteiger partial charge in [-0.05, 0) is 33.7 Å². The molecule has 0 radical (unpaired) electrons. The van der Waals surface area contributed by atoms with Crippen molar-refractivity contribution in [2.75, 3.05) is 19.6 Å². The van der Waals surface area contributed by atoms with Crippen molar-refractivity contribution < 1.29 is 19.4 Å². The Morgan fingerprint density at radius 2 is 2.00 bits per heavy atom. The van der Waals surface area contributed by atoms with E-state index in [1.807, 2.05) is 20.8 Å². The molecule has 6 heteroatoms. The second kappa shape index (κ2) is 5.00. The summed E-state index contributed by atoms with van der Waals surface area (Å²) in [5, 5.41) is 12.5. The van der Waals surface area contributed by atoms with Crippen LogP contribution >= 0.6 is 0 Å². The number of fused-ring (bicyclic) bond motifs is 1. The molecule has 3 unspecified atom stereocenters. The first-order valence-corrected chi connectivity index (χ1v) is 6.72. The molecular weight excluding hydrogens is 248 g/mol. The summed E-state index contributed by atoms with van der Waals surface area (Å²) in [6.07, 6.45) is 0.270. The number of ether oxygens (including phenoxy) is 1. The smallest absolute Gasteiger partial charge is 0.410 e. The summed E-state index contributed by atoms with van der Waals surface area (Å²) in [5.74, 6) is -1.14. The van der Waals surface area contributed by atoms with Crippen molar-refractivity contribution in [3.05, 3.63) is 0 Å². The van der Waals surface area contributed by atoms with Crippen LogP contribution in [0.1, 0.15) is 27.2 Å². The zero-order chi connectivity index (χ0) is 14.2. The Morgan fingerprint density at radius 3 is 2.58 bits per heavy atom. The Kier molecular flexibility index (Phi) is 3.71. The van der Waals surface area contributed by atoms with E-state index < -0.39 is 11.6 Å². The quantitative estimate of drug-likeness (QED) is 0.740. The van der Waals surface area contributed by atoms with E-state index in [4.69, 9.17) is 4.74 Å². The second-order valence-corrected chi connectivity index (χ2v) is 6.34. The SMILES string of the molecule is CC(C)(C)OC(=O)N1CC2NCCC(C(=O)O)C2C1. The first kappa shape index (κ1) is 14.1. The molecule has 108 valence electrons. The van der Waals surface area contributed by atoms with Crippen LogP contribution in [0.4, 0.5) is 4.79 Å². The van der Waals surface area contributed by atoms with Crippen molar-refractivity contribution in [1.82, 2.24) is 10.2 Å². The van der Waals surface area contributed by atoms with E-state index >= 15 is 0 Å². The highest BCUT2D eigenvalue weighted by atomic mass is 16.6. The first-order chi connectivity index (χ1) is 8.78. The van der Waals surface area contributed by atoms with Crippen LogP contribution in [0.25, 0.3) is 0 Å². The molecule has 6 nitrogen and oxygen atoms in total. The van der Waals surface area contributed by atoms with Crippen LogP contribution < -0.4 is 5.32 Å². The normalized spacial score (nSPS) is 30.9. The van der Waals surface area contributed by atoms with Crippen LogP contribution in [0.2, 0.25) is 0 Å². The van der Waals surface area contributed by atoms with Gasteiger partial charge in [0, 0.05) is 25.0 Å². The fraction of sp³-hybridized carbons (Fsp3) is 0.846. The highest BCUT2D eigenvalue weighted by molar-refractivity contribution is 5.72. The van der Waals surface area contributed by atoms with Crippen molar-refractivity contribution in [3.63, 3.8) is 0 Å². The molecule has 2 aliphatic heterocycles. The topological polar surface area (TPSA) is 78.9 Å². The molecule has 0 aromatic heterocycles. The maximum absolute atomic E-state index is 12.0. The number of likely N-dealkylation sites (tertiary alicyclic amines) is 1. The molecule has 2 fully saturated rings. The molecule has 0 saturated carbocycles. The van der Waals surface area contributed by atoms with E-state index in [0.29, 0.717) is 26.1 Å². The molecule has 0 aromatic rings. The Bertz CT molecular complexity index is 377. The van der Waals surface area contributed by atoms with E-state index in [2.05, 4.69) is 5.32 Å². The maximum Gasteiger partial charge on any atom is 0.410 e. The molecule has 2 heterocycles. The molecule has 2 aliphatic rings. The van der Waals surface area contributed by atoms with Crippen LogP contribution in [0.15, 0.2) is 0 Å². The predicted octanol–water partition coefficient (Wildman–Crippen LogP) is 0.916. The fourth-order valence-corrected chi connectivity index (χ4v) is 2.87. The number of amides is 1. The lowest BCUT2D eigenvalue weighted by molar-refractivity contribution is -0.144. The lowest BCUT2D eigenvalue weighted by atomic mass is 9.83. The molecule has 0 aliphatic carbocycles. The summed E-state index contributed by atoms with van der Waals surface area (Å²) in [6.45, 7) is 7.16. The summed E-state index contributed by atoms with van der Waals surface area (Å²) in [4.78, 5) is 24.9. The van der Waals surface area contributed by atoms with Crippen molar-refractivity contribution in [2.45, 2.75) is 38.8 Å². The third-order valence-corrected chi connectivity index (χ3v) is 3.71. The van der Waals surface area contributed by atoms with Gasteiger partial charge < -0.3 is 20.1 Å². The third kappa shape index (κ3) is 3.18. The van der Waals surface area contributed by atoms with Crippen LogP contribution in [-0.4, -0.2) is 53.3 Å². The maximum atomic E-state index is 12.0. The third-order valence-electron chi connectivity index (χ3n) is 3.71. The number of carbonyl (C=O) groups excluding carboxylic acids is 1. The Morgan fingerprint density at radius 1 is 1.32 bits per heavy atom. The lowest BCUT2D eigenvalue weighted by Gasteiger charge is -2.30. The number of carboxylic acid groups (broad SMARTS) is 1. The Balaban J connectivity index is 2.01. The monoisotopic (exact) mass is 270 g/mol. The number of nitrogens with one attached hydrogen (secondary N) is 1. The summed E-state index contributed by atoms with van der Waals surface area (Å²) in [7, 11) is 0. The molecule has 1 amide bonds. The number of aliphatic carboxylic acids is 1. The minimum atomic E-state index is -0.762. The van der Waals surface area contributed by atoms with Crippen LogP contribution in [-0.2, 0) is 9.53 Å². The van der Waals surface area contributed by atoms with Gasteiger partial charge in [-0.15, -0.1) is 0 Å². The van der Waals surface area contributed by atoms with Crippen molar-refractivity contribution in [2.24, 2.45) is 11.8 Å². The van der Waals surface area contributed by atoms with Crippen molar-refractivity contribution in [3.8, 4) is 0 Å². The lowest BCUT2D eigenvalue weighted by Crippen LogP contribution is -2.47. The van der Waals surface area contributed by atoms with E-state index in [9.17, 15) is 14.7 Å². The minimum Gasteiger partial charge on any atom is -0.481 e. The molecular formula is C13H22N2O4. The zero-order valence-electron chi connectivity index (χ0n) is 11.7. The summed E-state index contributed by atoms with van der Waals surface area (Å²) in [5.41, 5.74) is -0.523. The molecule has 2 saturated heterocycles. The van der Waals surface area contributed by atoms with Crippen LogP contribution in [0.3, 0.4) is 0 Å². The number of nitrogens with zero attached hydrogens (tertiary/aromatic N) is 1. The highest BCUT2D eigenvalue weighted by Gasteiger charge is 2.45. The van der Waals surface area contributed by atoms with Gasteiger partial charge in [0.2, 0.25) is 0 Å². The fourth-order valence-electron chi connectivity index (χ4n) is 2.87. The summed E-state index contributed by atoms with van der Waals surface area (Å²) >= 11 is 0. The number of carbonyl (C=O) groups is 2. The van der Waals surface area contributed by atoms with Crippen molar-refractivity contribution >= 4 is 12.1 Å². The van der Waals surface area contributed by atoms with Gasteiger partial charge in [-0.1, -0.05) is 0 Å². The van der Waals surface area contributed by atoms with Crippen molar-refractivity contribution in [1.29, 1.82) is 0 Å². The number of hydrogen-bond donors (Lipinski definition) is 2. The molecule has 3 atom stereocenters. The number of rotatable bonds is 1. The van der Waals surface area contributed by atoms with Gasteiger partial charge in [0.15, 0.2) is 0 Å². The standard InChI is InChI=1S/C13H22N2O4/c1-13(2,3)19-12(18)15-6-9-8(11(16)17)4-5-14-10(9)7-15/h8-10,14H,4-7H2,1-3H3,(H,16,17). The minimum absolute atomic E-state index is 0.0150. The highest BCUT2D eigenvalue weighted by Crippen LogP contribution is 2.31. The molecule has 0 aromatic carbocycles. The van der Waals surface area contributed by atoms with Gasteiger partial charge in [-0.3, -0.25) is 4.79 Å². The number of carboxylic acids is 1. The predicted molar refractivity (Wildman–Crippen MR) is 68.8 cm³/mol. The van der Waals surface area contributed by atoms with Crippen LogP contribution in [0.5, 0.6) is 0 Å². The van der Waals surface area contributed by atoms with Gasteiger partial charge in [-0.2, -0.15) is 0 Å². The van der Waals surface area contributed by atoms with Gasteiger partial charge in [0.05, 0.1) is 5.92 Å². The molecule has 0 spiro atoms. The van der Waals surface area contributed by atoms with Gasteiger partial charge in [0.25, 0.3) is 0 Å². The molecule has 2 N–H and O–H groups in total. The zero-order valence-corrected chi connectivity index (χ0v) is 11.7. The van der Waals surface area contributed by atoms with Gasteiger partial charge in [0.1, 0.15) is 5.60 Å². The summed E-state index contributed by atoms with van der Waals surface area (Å²) in [6, 6.07) is 0.0716. The number of hydrogen-bond acceptors (Lipinski definition) is 4. The molecule has 2 rings (SSSR count). The Labute approximate surface area is 113 Å². The average molecular weight is 270 g/mol. The van der Waals surface area contributed by atoms with E-state index in [1.165, 1.54) is 0 Å². The first-order valence-electron chi connectivity index (χ1n) is 6.72. The average Bonchev–Trinajstić information content (AvgIpc) is 2.69. The van der Waals surface area contributed by atoms with E-state index in [1.54, 1.807) is 4.90 Å². The largest absolute Gasteiger partial charge is 0.481 e. The molecule has 19 heavy (non-hydrogen) atoms. The summed E-state index contributed by atoms with van der Waals surface area (Å²) < 4.78 is 5.34. The Hall–Kier alpha value is -1.30. The van der Waals surface area contributed by atoms with E-state index in [-0.39, 0.29) is 24.0 Å². The van der Waals surface area contributed by atoms with E-state index in [0.717, 1.165) is 0 Å². The van der Waals surface area contributed by atoms with Gasteiger partial charge in [-0.25, -0.2) is 4.79 Å². The number of piperidine rings is 1.